The second-order valence-corrected chi connectivity index (χ2v) is 5.43. The molecule has 1 rings (SSSR count). The van der Waals surface area contributed by atoms with Gasteiger partial charge in [-0.2, -0.15) is 0 Å². The summed E-state index contributed by atoms with van der Waals surface area (Å²) in [6.07, 6.45) is 4.35. The maximum Gasteiger partial charge on any atom is 0.292 e. The lowest BCUT2D eigenvalue weighted by atomic mass is 10.00. The van der Waals surface area contributed by atoms with Crippen LogP contribution in [0.4, 0.5) is 0 Å². The number of ether oxygens (including phenoxy) is 1. The molecule has 9 heteroatoms. The van der Waals surface area contributed by atoms with E-state index in [-0.39, 0.29) is 5.17 Å². The monoisotopic (exact) mass is 426 g/mol. The van der Waals surface area contributed by atoms with Crippen molar-refractivity contribution in [3.05, 3.63) is 58.9 Å². The predicted molar refractivity (Wildman–Crippen MR) is 118 cm³/mol. The van der Waals surface area contributed by atoms with Crippen molar-refractivity contribution < 1.29 is 19.2 Å². The molecule has 8 nitrogen and oxygen atoms in total. The van der Waals surface area contributed by atoms with Crippen LogP contribution in [-0.4, -0.2) is 31.6 Å². The molecule has 0 aliphatic carbocycles. The summed E-state index contributed by atoms with van der Waals surface area (Å²) in [5, 5.41) is 10.9. The first-order chi connectivity index (χ1) is 13.9. The van der Waals surface area contributed by atoms with E-state index in [0.29, 0.717) is 18.8 Å². The molecule has 162 valence electrons. The highest BCUT2D eigenvalue weighted by atomic mass is 35.5. The number of oxime groups is 1. The van der Waals surface area contributed by atoms with Crippen molar-refractivity contribution in [2.45, 2.75) is 34.3 Å². The number of carbonyl (C=O) groups excluding carboxylic acids is 1. The zero-order valence-electron chi connectivity index (χ0n) is 17.8. The van der Waals surface area contributed by atoms with Crippen molar-refractivity contribution in [2.24, 2.45) is 10.9 Å². The average molecular weight is 427 g/mol. The van der Waals surface area contributed by atoms with Crippen molar-refractivity contribution in [1.29, 1.82) is 5.41 Å². The number of carbonyl (C=O) groups is 1. The molecule has 0 heterocycles. The maximum atomic E-state index is 8.95. The molecule has 0 atom stereocenters. The largest absolute Gasteiger partial charge is 0.471 e. The van der Waals surface area contributed by atoms with Gasteiger partial charge in [-0.3, -0.25) is 20.5 Å². The fraction of sp³-hybridized carbons (Fsp3) is 0.350. The van der Waals surface area contributed by atoms with Crippen LogP contribution in [0.2, 0.25) is 0 Å². The Kier molecular flexibility index (Phi) is 18.1. The number of hydrogen-bond acceptors (Lipinski definition) is 8. The number of rotatable bonds is 9. The molecule has 0 aromatic heterocycles. The Morgan fingerprint density at radius 2 is 1.93 bits per heavy atom. The van der Waals surface area contributed by atoms with E-state index in [1.54, 1.807) is 0 Å². The zero-order chi connectivity index (χ0) is 22.7. The van der Waals surface area contributed by atoms with Gasteiger partial charge in [0.2, 0.25) is 0 Å². The van der Waals surface area contributed by atoms with Gasteiger partial charge in [-0.1, -0.05) is 48.8 Å². The molecule has 1 aromatic rings. The highest BCUT2D eigenvalue weighted by molar-refractivity contribution is 6.67. The Labute approximate surface area is 177 Å². The first-order valence-electron chi connectivity index (χ1n) is 8.75. The highest BCUT2D eigenvalue weighted by Crippen LogP contribution is 2.16. The van der Waals surface area contributed by atoms with Crippen molar-refractivity contribution in [3.8, 4) is 0 Å². The minimum absolute atomic E-state index is 0.0975. The molecular formula is C20H31ClN4O4. The Hall–Kier alpha value is -2.84. The van der Waals surface area contributed by atoms with Crippen molar-refractivity contribution >= 4 is 29.0 Å². The molecule has 29 heavy (non-hydrogen) atoms. The van der Waals surface area contributed by atoms with E-state index in [0.717, 1.165) is 22.4 Å². The van der Waals surface area contributed by atoms with Crippen LogP contribution in [0.15, 0.2) is 47.4 Å². The molecule has 0 saturated carbocycles. The minimum atomic E-state index is -0.0975. The smallest absolute Gasteiger partial charge is 0.292 e. The van der Waals surface area contributed by atoms with Gasteiger partial charge in [0.1, 0.15) is 18.9 Å². The quantitative estimate of drug-likeness (QED) is 0.182. The van der Waals surface area contributed by atoms with Gasteiger partial charge < -0.3 is 15.3 Å². The lowest BCUT2D eigenvalue weighted by Gasteiger charge is -2.12. The van der Waals surface area contributed by atoms with Crippen LogP contribution in [0.3, 0.4) is 0 Å². The highest BCUT2D eigenvalue weighted by Gasteiger charge is 2.09. The molecular weight excluding hydrogens is 396 g/mol. The summed E-state index contributed by atoms with van der Waals surface area (Å²) in [6.45, 7) is 8.58. The van der Waals surface area contributed by atoms with Gasteiger partial charge in [0.05, 0.1) is 12.8 Å². The normalized spacial score (nSPS) is 10.9. The van der Waals surface area contributed by atoms with Gasteiger partial charge in [0.15, 0.2) is 0 Å². The zero-order valence-corrected chi connectivity index (χ0v) is 18.5. The number of allylic oxidation sites excluding steroid dienone is 2. The lowest BCUT2D eigenvalue weighted by molar-refractivity contribution is -0.126. The molecule has 0 spiro atoms. The van der Waals surface area contributed by atoms with Gasteiger partial charge in [-0.05, 0) is 37.1 Å². The van der Waals surface area contributed by atoms with E-state index in [4.69, 9.17) is 37.2 Å². The van der Waals surface area contributed by atoms with Gasteiger partial charge in [-0.15, -0.1) is 0 Å². The van der Waals surface area contributed by atoms with Crippen LogP contribution >= 0.6 is 11.6 Å². The number of halogens is 1. The summed E-state index contributed by atoms with van der Waals surface area (Å²) in [5.41, 5.74) is 12.6. The van der Waals surface area contributed by atoms with Crippen molar-refractivity contribution in [2.75, 3.05) is 14.2 Å². The Morgan fingerprint density at radius 1 is 1.31 bits per heavy atom. The number of nitrogens with zero attached hydrogens (tertiary/aromatic N) is 1. The first-order valence-corrected chi connectivity index (χ1v) is 9.13. The predicted octanol–water partition coefficient (Wildman–Crippen LogP) is 3.77. The SMILES string of the molecule is CC.CO/N=C(/C)c1cccc(C)c1CON/C=C(N)\C=C/C(=N)Cl.COC=O. The second-order valence-electron chi connectivity index (χ2n) is 5.02. The van der Waals surface area contributed by atoms with Crippen LogP contribution in [0.1, 0.15) is 37.5 Å². The number of hydrogen-bond donors (Lipinski definition) is 3. The Balaban J connectivity index is 0. The molecule has 0 bridgehead atoms. The fourth-order valence-electron chi connectivity index (χ4n) is 1.86. The summed E-state index contributed by atoms with van der Waals surface area (Å²) in [5.74, 6) is 0. The van der Waals surface area contributed by atoms with Crippen molar-refractivity contribution in [1.82, 2.24) is 5.48 Å². The van der Waals surface area contributed by atoms with E-state index < -0.39 is 0 Å². The summed E-state index contributed by atoms with van der Waals surface area (Å²) < 4.78 is 3.86. The van der Waals surface area contributed by atoms with Crippen LogP contribution in [0.5, 0.6) is 0 Å². The summed E-state index contributed by atoms with van der Waals surface area (Å²) in [6, 6.07) is 5.92. The molecule has 0 amide bonds. The number of methoxy groups -OCH3 is 1. The third-order valence-electron chi connectivity index (χ3n) is 3.07. The third-order valence-corrected chi connectivity index (χ3v) is 3.20. The van der Waals surface area contributed by atoms with Crippen LogP contribution in [0.25, 0.3) is 0 Å². The third kappa shape index (κ3) is 13.9. The van der Waals surface area contributed by atoms with Gasteiger partial charge in [-0.25, -0.2) is 0 Å². The first kappa shape index (κ1) is 28.4. The van der Waals surface area contributed by atoms with Gasteiger partial charge >= 0.3 is 0 Å². The fourth-order valence-corrected chi connectivity index (χ4v) is 1.92. The van der Waals surface area contributed by atoms with Gasteiger partial charge in [0, 0.05) is 17.5 Å². The molecule has 0 saturated heterocycles. The number of benzene rings is 1. The van der Waals surface area contributed by atoms with Gasteiger partial charge in [0.25, 0.3) is 6.47 Å². The number of aryl methyl sites for hydroxylation is 1. The topological polar surface area (TPSA) is 119 Å². The molecule has 0 aliphatic rings. The van der Waals surface area contributed by atoms with E-state index >= 15 is 0 Å². The van der Waals surface area contributed by atoms with E-state index in [1.165, 1.54) is 32.6 Å². The van der Waals surface area contributed by atoms with E-state index in [9.17, 15) is 0 Å². The minimum Gasteiger partial charge on any atom is -0.471 e. The Morgan fingerprint density at radius 3 is 2.45 bits per heavy atom. The maximum absolute atomic E-state index is 8.95. The number of hydroxylamine groups is 1. The number of nitrogens with two attached hydrogens (primary N) is 1. The molecule has 1 aromatic carbocycles. The standard InChI is InChI=1S/C16H21ClN4O2.C2H4O2.C2H6/c1-11-5-4-6-14(12(2)21-22-3)15(11)10-23-20-9-13(18)7-8-16(17)19;1-4-2-3;1-2/h4-9,19-20H,10,18H2,1-3H3;2H,1H3;1-2H3/b8-7-,13-9+,19-16?,21-12-;;. The second kappa shape index (κ2) is 18.5. The summed E-state index contributed by atoms with van der Waals surface area (Å²) in [7, 11) is 2.83. The molecule has 0 fully saturated rings. The van der Waals surface area contributed by atoms with Crippen LogP contribution in [-0.2, 0) is 25.8 Å². The van der Waals surface area contributed by atoms with Crippen LogP contribution < -0.4 is 11.2 Å². The molecule has 4 N–H and O–H groups in total. The van der Waals surface area contributed by atoms with Crippen LogP contribution in [0, 0.1) is 12.3 Å². The summed E-state index contributed by atoms with van der Waals surface area (Å²) >= 11 is 5.39. The molecule has 0 aliphatic heterocycles. The molecule has 0 unspecified atom stereocenters. The van der Waals surface area contributed by atoms with E-state index in [2.05, 4.69) is 15.4 Å². The average Bonchev–Trinajstić information content (AvgIpc) is 2.72. The molecule has 0 radical (unpaired) electrons. The Bertz CT molecular complexity index is 704. The lowest BCUT2D eigenvalue weighted by Crippen LogP contribution is -2.13. The summed E-state index contributed by atoms with van der Waals surface area (Å²) in [4.78, 5) is 19.2. The number of nitrogens with one attached hydrogen (secondary N) is 2. The van der Waals surface area contributed by atoms with Crippen molar-refractivity contribution in [3.63, 3.8) is 0 Å². The van der Waals surface area contributed by atoms with E-state index in [1.807, 2.05) is 45.9 Å².